The monoisotopic (exact) mass is 271 g/mol. The Morgan fingerprint density at radius 3 is 2.37 bits per heavy atom. The number of piperazine rings is 1. The summed E-state index contributed by atoms with van der Waals surface area (Å²) in [6, 6.07) is 0.564. The van der Waals surface area contributed by atoms with Gasteiger partial charge >= 0.3 is 0 Å². The first-order chi connectivity index (χ1) is 9.13. The van der Waals surface area contributed by atoms with Crippen LogP contribution in [0.2, 0.25) is 0 Å². The van der Waals surface area contributed by atoms with Crippen molar-refractivity contribution < 1.29 is 13.2 Å². The van der Waals surface area contributed by atoms with E-state index in [0.29, 0.717) is 19.2 Å². The molecule has 19 heavy (non-hydrogen) atoms. The van der Waals surface area contributed by atoms with Crippen molar-refractivity contribution in [3.8, 4) is 0 Å². The van der Waals surface area contributed by atoms with Crippen molar-refractivity contribution in [2.24, 2.45) is 5.92 Å². The van der Waals surface area contributed by atoms with E-state index in [0.717, 1.165) is 25.6 Å². The molecule has 0 radical (unpaired) electrons. The van der Waals surface area contributed by atoms with Gasteiger partial charge in [0.1, 0.15) is 0 Å². The summed E-state index contributed by atoms with van der Waals surface area (Å²) in [6.07, 6.45) is 2.61. The number of halogens is 3. The molecule has 0 unspecified atom stereocenters. The Morgan fingerprint density at radius 2 is 1.74 bits per heavy atom. The van der Waals surface area contributed by atoms with Crippen LogP contribution in [-0.2, 0) is 0 Å². The molecule has 1 saturated heterocycles. The van der Waals surface area contributed by atoms with Crippen LogP contribution in [0, 0.1) is 23.5 Å². The van der Waals surface area contributed by atoms with E-state index in [1.807, 2.05) is 0 Å². The van der Waals surface area contributed by atoms with E-state index in [1.165, 1.54) is 12.8 Å². The molecule has 1 aliphatic heterocycles. The second kappa shape index (κ2) is 5.00. The number of pyridine rings is 1. The molecule has 1 aromatic rings. The van der Waals surface area contributed by atoms with Gasteiger partial charge in [-0.25, -0.2) is 8.78 Å². The highest BCUT2D eigenvalue weighted by Gasteiger charge is 2.27. The van der Waals surface area contributed by atoms with E-state index in [9.17, 15) is 13.2 Å². The van der Waals surface area contributed by atoms with Gasteiger partial charge in [0.2, 0.25) is 0 Å². The maximum absolute atomic E-state index is 13.6. The lowest BCUT2D eigenvalue weighted by atomic mass is 10.2. The smallest absolute Gasteiger partial charge is 0.251 e. The number of hydrogen-bond donors (Lipinski definition) is 0. The van der Waals surface area contributed by atoms with Crippen LogP contribution in [0.25, 0.3) is 0 Å². The summed E-state index contributed by atoms with van der Waals surface area (Å²) in [4.78, 5) is 7.41. The quantitative estimate of drug-likeness (QED) is 0.784. The molecule has 3 rings (SSSR count). The molecular formula is C13H16F3N3. The minimum absolute atomic E-state index is 0.0787. The van der Waals surface area contributed by atoms with Gasteiger partial charge in [0.15, 0.2) is 17.5 Å². The lowest BCUT2D eigenvalue weighted by Crippen LogP contribution is -2.47. The molecule has 1 aromatic heterocycles. The molecule has 0 spiro atoms. The van der Waals surface area contributed by atoms with Crippen LogP contribution < -0.4 is 4.90 Å². The highest BCUT2D eigenvalue weighted by Crippen LogP contribution is 2.30. The van der Waals surface area contributed by atoms with Crippen LogP contribution in [0.1, 0.15) is 12.8 Å². The van der Waals surface area contributed by atoms with Crippen LogP contribution in [0.15, 0.2) is 6.07 Å². The predicted molar refractivity (Wildman–Crippen MR) is 65.5 cm³/mol. The molecule has 0 aromatic carbocycles. The number of anilines is 1. The van der Waals surface area contributed by atoms with Gasteiger partial charge in [-0.2, -0.15) is 9.37 Å². The van der Waals surface area contributed by atoms with Crippen molar-refractivity contribution in [2.45, 2.75) is 12.8 Å². The van der Waals surface area contributed by atoms with Crippen molar-refractivity contribution in [1.29, 1.82) is 0 Å². The van der Waals surface area contributed by atoms with Gasteiger partial charge in [-0.15, -0.1) is 0 Å². The molecule has 2 fully saturated rings. The zero-order valence-corrected chi connectivity index (χ0v) is 10.6. The van der Waals surface area contributed by atoms with Crippen molar-refractivity contribution in [1.82, 2.24) is 9.88 Å². The Balaban J connectivity index is 1.65. The van der Waals surface area contributed by atoms with Crippen LogP contribution in [0.4, 0.5) is 19.0 Å². The van der Waals surface area contributed by atoms with E-state index in [2.05, 4.69) is 9.88 Å². The van der Waals surface area contributed by atoms with Gasteiger partial charge in [0.25, 0.3) is 5.95 Å². The Hall–Kier alpha value is -1.30. The molecule has 3 nitrogen and oxygen atoms in total. The third-order valence-corrected chi connectivity index (χ3v) is 3.75. The molecule has 6 heteroatoms. The largest absolute Gasteiger partial charge is 0.352 e. The van der Waals surface area contributed by atoms with Gasteiger partial charge < -0.3 is 4.90 Å². The molecular weight excluding hydrogens is 255 g/mol. The van der Waals surface area contributed by atoms with Crippen molar-refractivity contribution in [3.05, 3.63) is 23.6 Å². The standard InChI is InChI=1S/C13H16F3N3/c14-10-7-11(15)13(17-12(10)16)19-5-3-18(4-6-19)8-9-1-2-9/h7,9H,1-6,8H2. The molecule has 0 N–H and O–H groups in total. The molecule has 1 aliphatic carbocycles. The minimum Gasteiger partial charge on any atom is -0.352 e. The van der Waals surface area contributed by atoms with Crippen molar-refractivity contribution in [2.75, 3.05) is 37.6 Å². The van der Waals surface area contributed by atoms with E-state index in [-0.39, 0.29) is 5.82 Å². The molecule has 2 heterocycles. The number of rotatable bonds is 3. The molecule has 0 amide bonds. The third-order valence-electron chi connectivity index (χ3n) is 3.75. The second-order valence-corrected chi connectivity index (χ2v) is 5.30. The predicted octanol–water partition coefficient (Wildman–Crippen LogP) is 2.03. The first-order valence-electron chi connectivity index (χ1n) is 6.62. The summed E-state index contributed by atoms with van der Waals surface area (Å²) in [5.41, 5.74) is 0. The second-order valence-electron chi connectivity index (χ2n) is 5.30. The average Bonchev–Trinajstić information content (AvgIpc) is 3.19. The minimum atomic E-state index is -1.24. The van der Waals surface area contributed by atoms with E-state index >= 15 is 0 Å². The van der Waals surface area contributed by atoms with Gasteiger partial charge in [-0.05, 0) is 18.8 Å². The van der Waals surface area contributed by atoms with E-state index < -0.39 is 17.6 Å². The first-order valence-corrected chi connectivity index (χ1v) is 6.62. The number of hydrogen-bond acceptors (Lipinski definition) is 3. The van der Waals surface area contributed by atoms with E-state index in [1.54, 1.807) is 4.90 Å². The van der Waals surface area contributed by atoms with Crippen LogP contribution in [0.5, 0.6) is 0 Å². The maximum Gasteiger partial charge on any atom is 0.251 e. The average molecular weight is 271 g/mol. The fourth-order valence-electron chi connectivity index (χ4n) is 2.46. The summed E-state index contributed by atoms with van der Waals surface area (Å²) < 4.78 is 39.5. The molecule has 0 atom stereocenters. The van der Waals surface area contributed by atoms with Crippen molar-refractivity contribution >= 4 is 5.82 Å². The molecule has 1 saturated carbocycles. The fourth-order valence-corrected chi connectivity index (χ4v) is 2.46. The van der Waals surface area contributed by atoms with Crippen LogP contribution in [-0.4, -0.2) is 42.6 Å². The topological polar surface area (TPSA) is 19.4 Å². The van der Waals surface area contributed by atoms with Crippen LogP contribution >= 0.6 is 0 Å². The lowest BCUT2D eigenvalue weighted by molar-refractivity contribution is 0.246. The normalized spacial score (nSPS) is 20.9. The Morgan fingerprint density at radius 1 is 1.05 bits per heavy atom. The Labute approximate surface area is 110 Å². The van der Waals surface area contributed by atoms with Gasteiger partial charge in [-0.1, -0.05) is 0 Å². The Kier molecular flexibility index (Phi) is 3.35. The van der Waals surface area contributed by atoms with Gasteiger partial charge in [0.05, 0.1) is 0 Å². The summed E-state index contributed by atoms with van der Waals surface area (Å²) in [7, 11) is 0. The number of nitrogens with zero attached hydrogens (tertiary/aromatic N) is 3. The summed E-state index contributed by atoms with van der Waals surface area (Å²) in [5, 5.41) is 0. The SMILES string of the molecule is Fc1cc(F)c(N2CCN(CC3CC3)CC2)nc1F. The van der Waals surface area contributed by atoms with Gasteiger partial charge in [-0.3, -0.25) is 4.90 Å². The fraction of sp³-hybridized carbons (Fsp3) is 0.615. The lowest BCUT2D eigenvalue weighted by Gasteiger charge is -2.35. The van der Waals surface area contributed by atoms with Crippen LogP contribution in [0.3, 0.4) is 0 Å². The third kappa shape index (κ3) is 2.83. The highest BCUT2D eigenvalue weighted by atomic mass is 19.2. The Bertz CT molecular complexity index is 468. The summed E-state index contributed by atoms with van der Waals surface area (Å²) in [5.74, 6) is -2.53. The highest BCUT2D eigenvalue weighted by molar-refractivity contribution is 5.40. The zero-order chi connectivity index (χ0) is 13.4. The molecule has 0 bridgehead atoms. The first kappa shape index (κ1) is 12.7. The van der Waals surface area contributed by atoms with Crippen molar-refractivity contribution in [3.63, 3.8) is 0 Å². The zero-order valence-electron chi connectivity index (χ0n) is 10.6. The molecule has 104 valence electrons. The van der Waals surface area contributed by atoms with E-state index in [4.69, 9.17) is 0 Å². The molecule has 2 aliphatic rings. The van der Waals surface area contributed by atoms with Gasteiger partial charge in [0, 0.05) is 38.8 Å². The summed E-state index contributed by atoms with van der Waals surface area (Å²) >= 11 is 0. The summed E-state index contributed by atoms with van der Waals surface area (Å²) in [6.45, 7) is 3.93. The maximum atomic E-state index is 13.6. The number of aromatic nitrogens is 1.